The van der Waals surface area contributed by atoms with Crippen molar-refractivity contribution >= 4 is 10.0 Å². The van der Waals surface area contributed by atoms with Crippen LogP contribution in [0.1, 0.15) is 30.9 Å². The van der Waals surface area contributed by atoms with Crippen LogP contribution in [-0.2, 0) is 10.0 Å². The van der Waals surface area contributed by atoms with Crippen molar-refractivity contribution in [3.63, 3.8) is 0 Å². The second-order valence-corrected chi connectivity index (χ2v) is 9.73. The van der Waals surface area contributed by atoms with E-state index in [4.69, 9.17) is 4.74 Å². The zero-order chi connectivity index (χ0) is 20.1. The van der Waals surface area contributed by atoms with E-state index in [1.165, 1.54) is 10.5 Å². The Morgan fingerprint density at radius 1 is 1.00 bits per heavy atom. The van der Waals surface area contributed by atoms with E-state index in [1.807, 2.05) is 31.2 Å². The Morgan fingerprint density at radius 3 is 2.18 bits per heavy atom. The van der Waals surface area contributed by atoms with E-state index in [0.717, 1.165) is 30.9 Å². The molecule has 0 atom stereocenters. The van der Waals surface area contributed by atoms with Gasteiger partial charge in [0, 0.05) is 0 Å². The minimum absolute atomic E-state index is 0.384. The van der Waals surface area contributed by atoms with Crippen molar-refractivity contribution in [3.05, 3.63) is 59.7 Å². The van der Waals surface area contributed by atoms with Crippen LogP contribution in [-0.4, -0.2) is 52.1 Å². The Bertz CT molecular complexity index is 854. The molecule has 0 aliphatic carbocycles. The van der Waals surface area contributed by atoms with E-state index in [1.54, 1.807) is 16.4 Å². The van der Waals surface area contributed by atoms with Crippen LogP contribution in [0.4, 0.5) is 0 Å². The van der Waals surface area contributed by atoms with Gasteiger partial charge in [-0.2, -0.15) is 4.31 Å². The smallest absolute Gasteiger partial charge is 0.243 e. The summed E-state index contributed by atoms with van der Waals surface area (Å²) >= 11 is 0. The van der Waals surface area contributed by atoms with Gasteiger partial charge in [-0.05, 0) is 42.7 Å². The Morgan fingerprint density at radius 2 is 1.61 bits per heavy atom. The normalized spacial score (nSPS) is 16.4. The molecule has 28 heavy (non-hydrogen) atoms. The summed E-state index contributed by atoms with van der Waals surface area (Å²) in [4.78, 5) is 1.77. The van der Waals surface area contributed by atoms with Gasteiger partial charge in [0.1, 0.15) is 18.9 Å². The lowest BCUT2D eigenvalue weighted by Gasteiger charge is -2.31. The monoisotopic (exact) mass is 403 g/mol. The molecule has 1 heterocycles. The van der Waals surface area contributed by atoms with Gasteiger partial charge < -0.3 is 9.64 Å². The third-order valence-electron chi connectivity index (χ3n) is 5.36. The van der Waals surface area contributed by atoms with E-state index < -0.39 is 10.0 Å². The molecule has 1 saturated heterocycles. The Balaban J connectivity index is 1.45. The summed E-state index contributed by atoms with van der Waals surface area (Å²) in [6.45, 7) is 10.5. The molecule has 2 aromatic rings. The summed E-state index contributed by atoms with van der Waals surface area (Å²) in [5.41, 5.74) is 2.37. The van der Waals surface area contributed by atoms with Crippen molar-refractivity contribution in [2.45, 2.75) is 31.6 Å². The fraction of sp³-hybridized carbons (Fsp3) is 0.455. The molecule has 1 fully saturated rings. The number of aryl methyl sites for hydroxylation is 1. The number of benzene rings is 2. The molecule has 0 radical (unpaired) electrons. The molecule has 2 aromatic carbocycles. The predicted octanol–water partition coefficient (Wildman–Crippen LogP) is 2.09. The number of hydrogen-bond acceptors (Lipinski definition) is 3. The molecule has 1 aliphatic rings. The van der Waals surface area contributed by atoms with Crippen LogP contribution < -0.4 is 9.64 Å². The lowest BCUT2D eigenvalue weighted by atomic mass is 10.0. The van der Waals surface area contributed by atoms with Crippen LogP contribution >= 0.6 is 0 Å². The first-order chi connectivity index (χ1) is 13.4. The first-order valence-corrected chi connectivity index (χ1v) is 11.4. The Labute approximate surface area is 169 Å². The third kappa shape index (κ3) is 5.13. The molecule has 3 rings (SSSR count). The molecule has 0 unspecified atom stereocenters. The van der Waals surface area contributed by atoms with Crippen LogP contribution in [0.5, 0.6) is 5.75 Å². The van der Waals surface area contributed by atoms with Crippen LogP contribution in [0.2, 0.25) is 0 Å². The number of piperazine rings is 1. The van der Waals surface area contributed by atoms with Gasteiger partial charge in [0.15, 0.2) is 0 Å². The average Bonchev–Trinajstić information content (AvgIpc) is 2.69. The molecule has 0 spiro atoms. The number of rotatable bonds is 7. The number of nitrogens with one attached hydrogen (secondary N) is 1. The minimum Gasteiger partial charge on any atom is -0.488 e. The highest BCUT2D eigenvalue weighted by Gasteiger charge is 2.30. The highest BCUT2D eigenvalue weighted by molar-refractivity contribution is 7.89. The third-order valence-corrected chi connectivity index (χ3v) is 7.27. The first-order valence-electron chi connectivity index (χ1n) is 9.99. The molecule has 0 amide bonds. The maximum Gasteiger partial charge on any atom is 0.243 e. The van der Waals surface area contributed by atoms with Crippen molar-refractivity contribution < 1.29 is 18.1 Å². The predicted molar refractivity (Wildman–Crippen MR) is 112 cm³/mol. The van der Waals surface area contributed by atoms with Crippen molar-refractivity contribution in [1.29, 1.82) is 0 Å². The van der Waals surface area contributed by atoms with E-state index in [-0.39, 0.29) is 0 Å². The van der Waals surface area contributed by atoms with Gasteiger partial charge in [0.2, 0.25) is 10.0 Å². The second-order valence-electron chi connectivity index (χ2n) is 7.79. The molecular formula is C22H31N2O3S+. The van der Waals surface area contributed by atoms with E-state index in [0.29, 0.717) is 30.5 Å². The number of ether oxygens (including phenoxy) is 1. The molecule has 5 nitrogen and oxygen atoms in total. The maximum absolute atomic E-state index is 12.8. The first kappa shape index (κ1) is 20.8. The lowest BCUT2D eigenvalue weighted by molar-refractivity contribution is -0.903. The van der Waals surface area contributed by atoms with Crippen LogP contribution in [0.3, 0.4) is 0 Å². The van der Waals surface area contributed by atoms with Crippen molar-refractivity contribution in [2.75, 3.05) is 39.3 Å². The molecule has 0 bridgehead atoms. The van der Waals surface area contributed by atoms with Gasteiger partial charge in [-0.25, -0.2) is 8.42 Å². The number of quaternary nitrogens is 1. The summed E-state index contributed by atoms with van der Waals surface area (Å²) in [5.74, 6) is 1.41. The number of sulfonamides is 1. The van der Waals surface area contributed by atoms with Gasteiger partial charge in [0.05, 0.1) is 31.1 Å². The van der Waals surface area contributed by atoms with Crippen LogP contribution in [0, 0.1) is 6.92 Å². The van der Waals surface area contributed by atoms with Gasteiger partial charge in [-0.1, -0.05) is 43.7 Å². The van der Waals surface area contributed by atoms with Gasteiger partial charge in [-0.3, -0.25) is 0 Å². The quantitative estimate of drug-likeness (QED) is 0.770. The minimum atomic E-state index is -3.39. The van der Waals surface area contributed by atoms with Gasteiger partial charge >= 0.3 is 0 Å². The Hall–Kier alpha value is -1.89. The topological polar surface area (TPSA) is 51.0 Å². The number of hydrogen-bond donors (Lipinski definition) is 1. The van der Waals surface area contributed by atoms with Crippen molar-refractivity contribution in [1.82, 2.24) is 4.31 Å². The zero-order valence-corrected chi connectivity index (χ0v) is 17.8. The summed E-state index contributed by atoms with van der Waals surface area (Å²) < 4.78 is 33.0. The van der Waals surface area contributed by atoms with E-state index >= 15 is 0 Å². The number of nitrogens with zero attached hydrogens (tertiary/aromatic N) is 1. The fourth-order valence-corrected chi connectivity index (χ4v) is 4.86. The van der Waals surface area contributed by atoms with Gasteiger partial charge in [-0.15, -0.1) is 0 Å². The molecule has 152 valence electrons. The fourth-order valence-electron chi connectivity index (χ4n) is 3.41. The molecular weight excluding hydrogens is 372 g/mol. The molecule has 1 N–H and O–H groups in total. The largest absolute Gasteiger partial charge is 0.488 e. The Kier molecular flexibility index (Phi) is 6.75. The van der Waals surface area contributed by atoms with E-state index in [2.05, 4.69) is 26.0 Å². The average molecular weight is 404 g/mol. The molecule has 6 heteroatoms. The van der Waals surface area contributed by atoms with Crippen LogP contribution in [0.25, 0.3) is 0 Å². The standard InChI is InChI=1S/C22H30N2O3S/c1-18(2)20-6-8-21(9-7-20)27-17-16-23-12-14-24(15-13-23)28(25,26)22-10-4-19(3)5-11-22/h4-11,18H,12-17H2,1-3H3/p+1. The maximum atomic E-state index is 12.8. The highest BCUT2D eigenvalue weighted by Crippen LogP contribution is 2.18. The molecule has 0 saturated carbocycles. The van der Waals surface area contributed by atoms with Gasteiger partial charge in [0.25, 0.3) is 0 Å². The molecule has 0 aromatic heterocycles. The lowest BCUT2D eigenvalue weighted by Crippen LogP contribution is -3.15. The van der Waals surface area contributed by atoms with Crippen LogP contribution in [0.15, 0.2) is 53.4 Å². The van der Waals surface area contributed by atoms with Crippen molar-refractivity contribution in [2.24, 2.45) is 0 Å². The summed E-state index contributed by atoms with van der Waals surface area (Å²) in [5, 5.41) is 0. The highest BCUT2D eigenvalue weighted by atomic mass is 32.2. The summed E-state index contributed by atoms with van der Waals surface area (Å²) in [7, 11) is -3.39. The molecule has 1 aliphatic heterocycles. The summed E-state index contributed by atoms with van der Waals surface area (Å²) in [6, 6.07) is 15.4. The SMILES string of the molecule is Cc1ccc(S(=O)(=O)N2CC[NH+](CCOc3ccc(C(C)C)cc3)CC2)cc1. The van der Waals surface area contributed by atoms with Crippen molar-refractivity contribution in [3.8, 4) is 5.75 Å². The second kappa shape index (κ2) is 9.07. The summed E-state index contributed by atoms with van der Waals surface area (Å²) in [6.07, 6.45) is 0. The van der Waals surface area contributed by atoms with E-state index in [9.17, 15) is 8.42 Å². The zero-order valence-electron chi connectivity index (χ0n) is 17.0.